The predicted octanol–water partition coefficient (Wildman–Crippen LogP) is 4.22. The summed E-state index contributed by atoms with van der Waals surface area (Å²) in [6, 6.07) is 13.3. The third-order valence-corrected chi connectivity index (χ3v) is 4.09. The van der Waals surface area contributed by atoms with Gasteiger partial charge in [0.05, 0.1) is 0 Å². The first-order valence-corrected chi connectivity index (χ1v) is 6.87. The summed E-state index contributed by atoms with van der Waals surface area (Å²) < 4.78 is 13.4. The molecule has 0 heterocycles. The predicted molar refractivity (Wildman–Crippen MR) is 76.3 cm³/mol. The van der Waals surface area contributed by atoms with Crippen LogP contribution in [0.1, 0.15) is 36.3 Å². The molecule has 3 rings (SSSR count). The van der Waals surface area contributed by atoms with E-state index in [4.69, 9.17) is 5.73 Å². The maximum Gasteiger partial charge on any atom is 0.123 e. The molecular weight excluding hydrogens is 237 g/mol. The van der Waals surface area contributed by atoms with Crippen LogP contribution < -0.4 is 5.73 Å². The number of rotatable bonds is 3. The Kier molecular flexibility index (Phi) is 3.34. The monoisotopic (exact) mass is 255 g/mol. The summed E-state index contributed by atoms with van der Waals surface area (Å²) in [6.07, 6.45) is 3.94. The molecule has 0 saturated heterocycles. The molecule has 0 bridgehead atoms. The van der Waals surface area contributed by atoms with Crippen molar-refractivity contribution in [1.82, 2.24) is 0 Å². The molecule has 1 nitrogen and oxygen atoms in total. The minimum Gasteiger partial charge on any atom is -0.326 e. The van der Waals surface area contributed by atoms with Crippen molar-refractivity contribution in [3.8, 4) is 11.1 Å². The quantitative estimate of drug-likeness (QED) is 0.873. The molecule has 2 N–H and O–H groups in total. The third-order valence-electron chi connectivity index (χ3n) is 4.09. The standard InChI is InChI=1S/C17H18FN/c18-16-9-8-15(11-19)17(10-16)14-6-4-13(5-7-14)12-2-1-3-12/h4-10,12H,1-3,11,19H2. The largest absolute Gasteiger partial charge is 0.326 e. The molecule has 0 spiro atoms. The molecule has 2 aromatic carbocycles. The van der Waals surface area contributed by atoms with Crippen LogP contribution in [-0.2, 0) is 6.54 Å². The smallest absolute Gasteiger partial charge is 0.123 e. The Morgan fingerprint density at radius 3 is 2.37 bits per heavy atom. The molecule has 0 atom stereocenters. The molecule has 1 fully saturated rings. The van der Waals surface area contributed by atoms with E-state index in [2.05, 4.69) is 24.3 Å². The van der Waals surface area contributed by atoms with Crippen LogP contribution in [0, 0.1) is 5.82 Å². The molecule has 1 saturated carbocycles. The SMILES string of the molecule is NCc1ccc(F)cc1-c1ccc(C2CCC2)cc1. The van der Waals surface area contributed by atoms with Gasteiger partial charge in [0.15, 0.2) is 0 Å². The maximum absolute atomic E-state index is 13.4. The van der Waals surface area contributed by atoms with Crippen molar-refractivity contribution in [2.45, 2.75) is 31.7 Å². The summed E-state index contributed by atoms with van der Waals surface area (Å²) in [5.41, 5.74) is 10.1. The van der Waals surface area contributed by atoms with E-state index in [1.54, 1.807) is 12.1 Å². The molecule has 98 valence electrons. The van der Waals surface area contributed by atoms with Crippen LogP contribution in [0.2, 0.25) is 0 Å². The number of nitrogens with two attached hydrogens (primary N) is 1. The molecule has 0 unspecified atom stereocenters. The van der Waals surface area contributed by atoms with E-state index < -0.39 is 0 Å². The fourth-order valence-corrected chi connectivity index (χ4v) is 2.67. The van der Waals surface area contributed by atoms with Crippen molar-refractivity contribution >= 4 is 0 Å². The summed E-state index contributed by atoms with van der Waals surface area (Å²) in [5, 5.41) is 0. The topological polar surface area (TPSA) is 26.0 Å². The van der Waals surface area contributed by atoms with E-state index in [0.717, 1.165) is 22.6 Å². The van der Waals surface area contributed by atoms with Crippen LogP contribution in [0.3, 0.4) is 0 Å². The van der Waals surface area contributed by atoms with E-state index in [1.165, 1.54) is 30.9 Å². The first kappa shape index (κ1) is 12.4. The normalized spacial score (nSPS) is 15.3. The fraction of sp³-hybridized carbons (Fsp3) is 0.294. The second-order valence-electron chi connectivity index (χ2n) is 5.26. The van der Waals surface area contributed by atoms with Crippen molar-refractivity contribution in [2.24, 2.45) is 5.73 Å². The van der Waals surface area contributed by atoms with E-state index in [0.29, 0.717) is 6.54 Å². The Hall–Kier alpha value is -1.67. The summed E-state index contributed by atoms with van der Waals surface area (Å²) in [6.45, 7) is 0.431. The Labute approximate surface area is 113 Å². The summed E-state index contributed by atoms with van der Waals surface area (Å²) in [4.78, 5) is 0. The molecule has 0 amide bonds. The molecule has 1 aliphatic rings. The molecule has 19 heavy (non-hydrogen) atoms. The summed E-state index contributed by atoms with van der Waals surface area (Å²) in [7, 11) is 0. The van der Waals surface area contributed by atoms with Gasteiger partial charge in [-0.1, -0.05) is 36.8 Å². The molecule has 0 radical (unpaired) electrons. The molecule has 2 aromatic rings. The third kappa shape index (κ3) is 2.41. The Balaban J connectivity index is 1.95. The van der Waals surface area contributed by atoms with Gasteiger partial charge in [-0.2, -0.15) is 0 Å². The lowest BCUT2D eigenvalue weighted by atomic mass is 9.80. The van der Waals surface area contributed by atoms with Crippen molar-refractivity contribution < 1.29 is 4.39 Å². The zero-order chi connectivity index (χ0) is 13.2. The van der Waals surface area contributed by atoms with Crippen molar-refractivity contribution in [2.75, 3.05) is 0 Å². The lowest BCUT2D eigenvalue weighted by Crippen LogP contribution is -2.08. The van der Waals surface area contributed by atoms with Crippen molar-refractivity contribution in [3.05, 3.63) is 59.4 Å². The molecule has 1 aliphatic carbocycles. The van der Waals surface area contributed by atoms with Gasteiger partial charge < -0.3 is 5.73 Å². The number of hydrogen-bond donors (Lipinski definition) is 1. The van der Waals surface area contributed by atoms with Crippen LogP contribution in [0.5, 0.6) is 0 Å². The lowest BCUT2D eigenvalue weighted by molar-refractivity contribution is 0.420. The van der Waals surface area contributed by atoms with Crippen LogP contribution in [0.4, 0.5) is 4.39 Å². The number of benzene rings is 2. The lowest BCUT2D eigenvalue weighted by Gasteiger charge is -2.25. The van der Waals surface area contributed by atoms with Crippen molar-refractivity contribution in [1.29, 1.82) is 0 Å². The van der Waals surface area contributed by atoms with Gasteiger partial charge in [-0.05, 0) is 53.1 Å². The van der Waals surface area contributed by atoms with Gasteiger partial charge in [0.1, 0.15) is 5.82 Å². The first-order valence-electron chi connectivity index (χ1n) is 6.87. The van der Waals surface area contributed by atoms with E-state index in [1.807, 2.05) is 0 Å². The van der Waals surface area contributed by atoms with Gasteiger partial charge in [-0.15, -0.1) is 0 Å². The summed E-state index contributed by atoms with van der Waals surface area (Å²) >= 11 is 0. The zero-order valence-electron chi connectivity index (χ0n) is 10.9. The number of halogens is 1. The van der Waals surface area contributed by atoms with Crippen LogP contribution in [-0.4, -0.2) is 0 Å². The minimum atomic E-state index is -0.213. The molecule has 0 aromatic heterocycles. The Morgan fingerprint density at radius 1 is 1.05 bits per heavy atom. The van der Waals surface area contributed by atoms with Crippen LogP contribution in [0.25, 0.3) is 11.1 Å². The molecular formula is C17H18FN. The maximum atomic E-state index is 13.4. The highest BCUT2D eigenvalue weighted by atomic mass is 19.1. The van der Waals surface area contributed by atoms with Gasteiger partial charge in [-0.3, -0.25) is 0 Å². The highest BCUT2D eigenvalue weighted by Gasteiger charge is 2.19. The fourth-order valence-electron chi connectivity index (χ4n) is 2.67. The van der Waals surface area contributed by atoms with E-state index in [9.17, 15) is 4.39 Å². The van der Waals surface area contributed by atoms with Gasteiger partial charge in [0.25, 0.3) is 0 Å². The van der Waals surface area contributed by atoms with Crippen LogP contribution in [0.15, 0.2) is 42.5 Å². The number of hydrogen-bond acceptors (Lipinski definition) is 1. The van der Waals surface area contributed by atoms with Crippen LogP contribution >= 0.6 is 0 Å². The highest BCUT2D eigenvalue weighted by Crippen LogP contribution is 2.37. The zero-order valence-corrected chi connectivity index (χ0v) is 10.9. The second-order valence-corrected chi connectivity index (χ2v) is 5.26. The average Bonchev–Trinajstić information content (AvgIpc) is 2.37. The first-order chi connectivity index (χ1) is 9.28. The van der Waals surface area contributed by atoms with E-state index >= 15 is 0 Å². The van der Waals surface area contributed by atoms with Crippen molar-refractivity contribution in [3.63, 3.8) is 0 Å². The Morgan fingerprint density at radius 2 is 1.79 bits per heavy atom. The van der Waals surface area contributed by atoms with Gasteiger partial charge >= 0.3 is 0 Å². The highest BCUT2D eigenvalue weighted by molar-refractivity contribution is 5.67. The minimum absolute atomic E-state index is 0.213. The van der Waals surface area contributed by atoms with Gasteiger partial charge in [-0.25, -0.2) is 4.39 Å². The average molecular weight is 255 g/mol. The van der Waals surface area contributed by atoms with Gasteiger partial charge in [0, 0.05) is 6.54 Å². The van der Waals surface area contributed by atoms with Gasteiger partial charge in [0.2, 0.25) is 0 Å². The van der Waals surface area contributed by atoms with E-state index in [-0.39, 0.29) is 5.82 Å². The summed E-state index contributed by atoms with van der Waals surface area (Å²) in [5.74, 6) is 0.519. The molecule has 0 aliphatic heterocycles. The second kappa shape index (κ2) is 5.14. The Bertz CT molecular complexity index is 570. The molecule has 2 heteroatoms.